The van der Waals surface area contributed by atoms with Crippen molar-refractivity contribution in [2.24, 2.45) is 0 Å². The minimum atomic E-state index is -4.76. The second-order valence-electron chi connectivity index (χ2n) is 7.91. The first kappa shape index (κ1) is 30.3. The van der Waals surface area contributed by atoms with E-state index in [0.29, 0.717) is 0 Å². The third kappa shape index (κ3) is 8.12. The van der Waals surface area contributed by atoms with Gasteiger partial charge in [-0.25, -0.2) is 0 Å². The Kier molecular flexibility index (Phi) is 9.45. The van der Waals surface area contributed by atoms with Crippen LogP contribution >= 0.6 is 29.9 Å². The summed E-state index contributed by atoms with van der Waals surface area (Å²) in [5.74, 6) is -0.813. The molecule has 206 valence electrons. The molecule has 0 aliphatic carbocycles. The number of ether oxygens (including phenoxy) is 3. The third-order valence-electron chi connectivity index (χ3n) is 4.90. The molecule has 0 unspecified atom stereocenters. The molecule has 0 bridgehead atoms. The van der Waals surface area contributed by atoms with Crippen molar-refractivity contribution in [1.82, 2.24) is 0 Å². The Morgan fingerprint density at radius 1 is 0.447 bits per heavy atom. The zero-order valence-corrected chi connectivity index (χ0v) is 23.0. The lowest BCUT2D eigenvalue weighted by molar-refractivity contribution is 0.318. The molecule has 0 fully saturated rings. The third-order valence-corrected chi connectivity index (χ3v) is 9.69. The summed E-state index contributed by atoms with van der Waals surface area (Å²) < 4.78 is 65.7. The van der Waals surface area contributed by atoms with Gasteiger partial charge in [0.25, 0.3) is 0 Å². The van der Waals surface area contributed by atoms with Crippen molar-refractivity contribution in [3.63, 3.8) is 0 Å². The first-order chi connectivity index (χ1) is 17.6. The van der Waals surface area contributed by atoms with E-state index in [9.17, 15) is 47.6 Å². The summed E-state index contributed by atoms with van der Waals surface area (Å²) >= 11 is 0. The Morgan fingerprint density at radius 2 is 0.684 bits per heavy atom. The Morgan fingerprint density at radius 3 is 0.921 bits per heavy atom. The molecule has 38 heavy (non-hydrogen) atoms. The van der Waals surface area contributed by atoms with Crippen molar-refractivity contribution in [2.75, 3.05) is 19.0 Å². The minimum absolute atomic E-state index is 0.271. The molecule has 0 spiro atoms. The molecular weight excluding hydrogens is 584 g/mol. The standard InChI is InChI=1S/C21H24O13P4/c22-35(13-32-16-7-1-4-10-19(16)36(23,24)25,14-33-17-8-2-5-11-20(17)37(26,27)28)15-34-18-9-3-6-12-21(18)38(29,30)31/h1-12H,13-15H2,(H2,23,24,25)(H2,26,27,28)(H2,29,30,31). The minimum Gasteiger partial charge on any atom is -0.485 e. The van der Waals surface area contributed by atoms with Crippen LogP contribution in [0.15, 0.2) is 72.8 Å². The Bertz CT molecular complexity index is 1300. The first-order valence-corrected chi connectivity index (χ1v) is 17.6. The largest absolute Gasteiger partial charge is 0.485 e. The highest BCUT2D eigenvalue weighted by Crippen LogP contribution is 2.48. The van der Waals surface area contributed by atoms with Crippen LogP contribution in [0.5, 0.6) is 17.2 Å². The molecule has 0 radical (unpaired) electrons. The van der Waals surface area contributed by atoms with E-state index in [0.717, 1.165) is 18.2 Å². The lowest BCUT2D eigenvalue weighted by Crippen LogP contribution is -2.19. The Labute approximate surface area is 216 Å². The second kappa shape index (κ2) is 11.9. The molecule has 0 saturated heterocycles. The van der Waals surface area contributed by atoms with Gasteiger partial charge in [0.05, 0.1) is 0 Å². The van der Waals surface area contributed by atoms with Crippen molar-refractivity contribution in [3.8, 4) is 17.2 Å². The van der Waals surface area contributed by atoms with Gasteiger partial charge in [-0.1, -0.05) is 36.4 Å². The molecule has 6 N–H and O–H groups in total. The fraction of sp³-hybridized carbons (Fsp3) is 0.143. The highest BCUT2D eigenvalue weighted by atomic mass is 31.2. The van der Waals surface area contributed by atoms with Crippen LogP contribution in [0, 0.1) is 0 Å². The summed E-state index contributed by atoms with van der Waals surface area (Å²) in [5, 5.41) is -1.40. The summed E-state index contributed by atoms with van der Waals surface area (Å²) in [6.07, 6.45) is -2.12. The number of hydrogen-bond acceptors (Lipinski definition) is 7. The maximum atomic E-state index is 13.9. The molecule has 0 amide bonds. The molecule has 0 saturated carbocycles. The van der Waals surface area contributed by atoms with Crippen LogP contribution in [0.3, 0.4) is 0 Å². The number of benzene rings is 3. The van der Waals surface area contributed by atoms with Gasteiger partial charge in [0, 0.05) is 0 Å². The highest BCUT2D eigenvalue weighted by Gasteiger charge is 2.31. The van der Waals surface area contributed by atoms with Crippen molar-refractivity contribution in [3.05, 3.63) is 72.8 Å². The van der Waals surface area contributed by atoms with E-state index in [1.807, 2.05) is 0 Å². The van der Waals surface area contributed by atoms with Gasteiger partial charge in [0.1, 0.15) is 52.2 Å². The van der Waals surface area contributed by atoms with Gasteiger partial charge in [0.2, 0.25) is 0 Å². The van der Waals surface area contributed by atoms with Crippen LogP contribution in [0.1, 0.15) is 0 Å². The second-order valence-corrected chi connectivity index (χ2v) is 15.5. The average Bonchev–Trinajstić information content (AvgIpc) is 2.84. The number of rotatable bonds is 12. The van der Waals surface area contributed by atoms with Gasteiger partial charge < -0.3 is 48.1 Å². The predicted octanol–water partition coefficient (Wildman–Crippen LogP) is 1.87. The van der Waals surface area contributed by atoms with Crippen LogP contribution in [0.25, 0.3) is 0 Å². The molecular formula is C21H24O13P4. The van der Waals surface area contributed by atoms with E-state index in [-0.39, 0.29) is 17.2 Å². The fourth-order valence-corrected chi connectivity index (χ4v) is 6.60. The Hall–Kier alpha value is -2.26. The van der Waals surface area contributed by atoms with Gasteiger partial charge in [-0.05, 0) is 36.4 Å². The Balaban J connectivity index is 1.91. The summed E-state index contributed by atoms with van der Waals surface area (Å²) in [4.78, 5) is 57.5. The zero-order valence-electron chi connectivity index (χ0n) is 19.4. The highest BCUT2D eigenvalue weighted by molar-refractivity contribution is 7.63. The fourth-order valence-electron chi connectivity index (χ4n) is 3.13. The van der Waals surface area contributed by atoms with E-state index >= 15 is 0 Å². The maximum Gasteiger partial charge on any atom is 0.359 e. The monoisotopic (exact) mass is 608 g/mol. The van der Waals surface area contributed by atoms with E-state index < -0.39 is 64.9 Å². The van der Waals surface area contributed by atoms with Crippen molar-refractivity contribution >= 4 is 45.8 Å². The molecule has 0 atom stereocenters. The lowest BCUT2D eigenvalue weighted by Gasteiger charge is -2.22. The maximum absolute atomic E-state index is 13.9. The molecule has 0 aromatic heterocycles. The van der Waals surface area contributed by atoms with Gasteiger partial charge in [-0.3, -0.25) is 13.7 Å². The van der Waals surface area contributed by atoms with Crippen LogP contribution in [0.4, 0.5) is 0 Å². The molecule has 3 rings (SSSR count). The van der Waals surface area contributed by atoms with Gasteiger partial charge in [0.15, 0.2) is 7.14 Å². The summed E-state index contributed by atoms with van der Waals surface area (Å²) in [6, 6.07) is 15.5. The normalized spacial score (nSPS) is 12.7. The topological polar surface area (TPSA) is 217 Å². The van der Waals surface area contributed by atoms with Crippen LogP contribution in [-0.2, 0) is 18.3 Å². The molecule has 3 aromatic carbocycles. The number of hydrogen-bond donors (Lipinski definition) is 6. The van der Waals surface area contributed by atoms with Gasteiger partial charge in [-0.15, -0.1) is 0 Å². The van der Waals surface area contributed by atoms with E-state index in [2.05, 4.69) is 0 Å². The first-order valence-electron chi connectivity index (χ1n) is 10.5. The molecule has 13 nitrogen and oxygen atoms in total. The SMILES string of the molecule is O=P(COc1ccccc1P(=O)(O)O)(COc1ccccc1P(=O)(O)O)COc1ccccc1P(=O)(O)O. The molecule has 3 aromatic rings. The van der Waals surface area contributed by atoms with E-state index in [1.54, 1.807) is 0 Å². The van der Waals surface area contributed by atoms with Crippen LogP contribution < -0.4 is 30.1 Å². The summed E-state index contributed by atoms with van der Waals surface area (Å²) in [7, 11) is -18.2. The van der Waals surface area contributed by atoms with E-state index in [1.165, 1.54) is 54.6 Å². The van der Waals surface area contributed by atoms with Crippen molar-refractivity contribution in [1.29, 1.82) is 0 Å². The van der Waals surface area contributed by atoms with Crippen LogP contribution in [-0.4, -0.2) is 48.4 Å². The average molecular weight is 608 g/mol. The quantitative estimate of drug-likeness (QED) is 0.162. The van der Waals surface area contributed by atoms with E-state index in [4.69, 9.17) is 14.2 Å². The predicted molar refractivity (Wildman–Crippen MR) is 138 cm³/mol. The lowest BCUT2D eigenvalue weighted by atomic mass is 10.3. The van der Waals surface area contributed by atoms with Crippen molar-refractivity contribution in [2.45, 2.75) is 0 Å². The molecule has 0 heterocycles. The van der Waals surface area contributed by atoms with Crippen LogP contribution in [0.2, 0.25) is 0 Å². The number of para-hydroxylation sites is 3. The molecule has 0 aliphatic rings. The molecule has 17 heteroatoms. The van der Waals surface area contributed by atoms with Gasteiger partial charge >= 0.3 is 22.8 Å². The van der Waals surface area contributed by atoms with Crippen molar-refractivity contribution < 1.29 is 61.8 Å². The summed E-state index contributed by atoms with van der Waals surface area (Å²) in [5.41, 5.74) is 0. The zero-order chi connectivity index (χ0) is 28.2. The van der Waals surface area contributed by atoms with Gasteiger partial charge in [-0.2, -0.15) is 0 Å². The smallest absolute Gasteiger partial charge is 0.359 e. The summed E-state index contributed by atoms with van der Waals surface area (Å²) in [6.45, 7) is 0. The molecule has 0 aliphatic heterocycles.